The van der Waals surface area contributed by atoms with Crippen molar-refractivity contribution in [3.63, 3.8) is 0 Å². The van der Waals surface area contributed by atoms with E-state index in [0.717, 1.165) is 16.9 Å². The fourth-order valence-electron chi connectivity index (χ4n) is 2.10. The zero-order valence-electron chi connectivity index (χ0n) is 12.5. The van der Waals surface area contributed by atoms with Crippen molar-refractivity contribution in [2.75, 3.05) is 4.72 Å². The molecule has 0 atom stereocenters. The molecular weight excluding hydrogens is 332 g/mol. The Morgan fingerprint density at radius 2 is 1.74 bits per heavy atom. The molecule has 0 radical (unpaired) electrons. The zero-order valence-corrected chi connectivity index (χ0v) is 14.1. The number of aromatic nitrogens is 3. The van der Waals surface area contributed by atoms with Gasteiger partial charge in [0.25, 0.3) is 10.0 Å². The highest BCUT2D eigenvalue weighted by Gasteiger charge is 2.21. The van der Waals surface area contributed by atoms with Crippen LogP contribution in [0.25, 0.3) is 11.3 Å². The van der Waals surface area contributed by atoms with Crippen molar-refractivity contribution in [2.45, 2.75) is 18.1 Å². The number of thiazole rings is 1. The molecule has 0 amide bonds. The maximum Gasteiger partial charge on any atom is 0.274 e. The van der Waals surface area contributed by atoms with E-state index < -0.39 is 10.0 Å². The summed E-state index contributed by atoms with van der Waals surface area (Å²) < 4.78 is 27.4. The topological polar surface area (TPSA) is 84.8 Å². The van der Waals surface area contributed by atoms with Crippen LogP contribution in [0.5, 0.6) is 0 Å². The molecule has 0 spiro atoms. The van der Waals surface area contributed by atoms with E-state index in [9.17, 15) is 8.42 Å². The van der Waals surface area contributed by atoms with Crippen molar-refractivity contribution in [3.8, 4) is 11.3 Å². The van der Waals surface area contributed by atoms with Crippen molar-refractivity contribution in [1.82, 2.24) is 15.2 Å². The zero-order chi connectivity index (χ0) is 16.4. The van der Waals surface area contributed by atoms with Gasteiger partial charge in [0.1, 0.15) is 0 Å². The van der Waals surface area contributed by atoms with E-state index >= 15 is 0 Å². The highest BCUT2D eigenvalue weighted by molar-refractivity contribution is 7.94. The molecule has 118 valence electrons. The Bertz CT molecular complexity index is 920. The number of benzene rings is 1. The van der Waals surface area contributed by atoms with Crippen LogP contribution < -0.4 is 4.72 Å². The number of rotatable bonds is 4. The van der Waals surface area contributed by atoms with E-state index in [1.807, 2.05) is 30.3 Å². The lowest BCUT2D eigenvalue weighted by molar-refractivity contribution is 0.602. The van der Waals surface area contributed by atoms with Crippen LogP contribution in [0, 0.1) is 13.8 Å². The van der Waals surface area contributed by atoms with Crippen LogP contribution in [0.15, 0.2) is 46.7 Å². The van der Waals surface area contributed by atoms with E-state index in [1.165, 1.54) is 0 Å². The SMILES string of the molecule is Cc1nc(C)c(S(=O)(=O)Nc2ccc(-c3ccccc3)nn2)s1. The Kier molecular flexibility index (Phi) is 4.10. The summed E-state index contributed by atoms with van der Waals surface area (Å²) in [6.07, 6.45) is 0. The fraction of sp³-hybridized carbons (Fsp3) is 0.133. The summed E-state index contributed by atoms with van der Waals surface area (Å²) in [6, 6.07) is 12.9. The van der Waals surface area contributed by atoms with Gasteiger partial charge in [-0.05, 0) is 26.0 Å². The van der Waals surface area contributed by atoms with Crippen molar-refractivity contribution in [2.24, 2.45) is 0 Å². The molecule has 0 aliphatic carbocycles. The Morgan fingerprint density at radius 1 is 1.00 bits per heavy atom. The molecule has 0 saturated carbocycles. The maximum absolute atomic E-state index is 12.4. The Balaban J connectivity index is 1.85. The summed E-state index contributed by atoms with van der Waals surface area (Å²) in [5, 5.41) is 8.71. The molecule has 2 heterocycles. The summed E-state index contributed by atoms with van der Waals surface area (Å²) in [7, 11) is -3.70. The van der Waals surface area contributed by atoms with Gasteiger partial charge in [-0.25, -0.2) is 13.4 Å². The van der Waals surface area contributed by atoms with Gasteiger partial charge in [-0.3, -0.25) is 4.72 Å². The summed E-state index contributed by atoms with van der Waals surface area (Å²) in [5.41, 5.74) is 2.08. The maximum atomic E-state index is 12.4. The lowest BCUT2D eigenvalue weighted by atomic mass is 10.1. The first-order valence-electron chi connectivity index (χ1n) is 6.82. The molecule has 0 unspecified atom stereocenters. The second-order valence-corrected chi connectivity index (χ2v) is 7.96. The van der Waals surface area contributed by atoms with Crippen LogP contribution in [-0.4, -0.2) is 23.6 Å². The van der Waals surface area contributed by atoms with Crippen LogP contribution in [0.4, 0.5) is 5.82 Å². The molecule has 1 aromatic carbocycles. The van der Waals surface area contributed by atoms with Crippen LogP contribution in [0.1, 0.15) is 10.7 Å². The van der Waals surface area contributed by atoms with Crippen molar-refractivity contribution >= 4 is 27.2 Å². The van der Waals surface area contributed by atoms with Crippen LogP contribution >= 0.6 is 11.3 Å². The molecule has 3 aromatic rings. The number of nitrogens with zero attached hydrogens (tertiary/aromatic N) is 3. The summed E-state index contributed by atoms with van der Waals surface area (Å²) in [6.45, 7) is 3.44. The minimum atomic E-state index is -3.70. The van der Waals surface area contributed by atoms with Gasteiger partial charge in [0.05, 0.1) is 16.4 Å². The molecule has 1 N–H and O–H groups in total. The molecule has 0 saturated heterocycles. The van der Waals surface area contributed by atoms with Crippen LogP contribution in [0.3, 0.4) is 0 Å². The number of aryl methyl sites for hydroxylation is 2. The Hall–Kier alpha value is -2.32. The lowest BCUT2D eigenvalue weighted by Gasteiger charge is -2.06. The minimum Gasteiger partial charge on any atom is -0.261 e. The molecule has 2 aromatic heterocycles. The molecule has 0 bridgehead atoms. The number of nitrogens with one attached hydrogen (secondary N) is 1. The molecule has 0 aliphatic rings. The second kappa shape index (κ2) is 6.05. The fourth-order valence-corrected chi connectivity index (χ4v) is 4.58. The number of sulfonamides is 1. The lowest BCUT2D eigenvalue weighted by Crippen LogP contribution is -2.14. The number of hydrogen-bond donors (Lipinski definition) is 1. The standard InChI is InChI=1S/C15H14N4O2S2/c1-10-15(22-11(2)16-10)23(20,21)19-14-9-8-13(17-18-14)12-6-4-3-5-7-12/h3-9H,1-2H3,(H,18,19). The minimum absolute atomic E-state index is 0.176. The quantitative estimate of drug-likeness (QED) is 0.785. The molecule has 3 rings (SSSR count). The van der Waals surface area contributed by atoms with Gasteiger partial charge >= 0.3 is 0 Å². The van der Waals surface area contributed by atoms with E-state index in [1.54, 1.807) is 26.0 Å². The first kappa shape index (κ1) is 15.6. The van der Waals surface area contributed by atoms with Crippen LogP contribution in [0.2, 0.25) is 0 Å². The monoisotopic (exact) mass is 346 g/mol. The molecule has 0 fully saturated rings. The second-order valence-electron chi connectivity index (χ2n) is 4.88. The molecule has 0 aliphatic heterocycles. The third kappa shape index (κ3) is 3.38. The van der Waals surface area contributed by atoms with E-state index in [2.05, 4.69) is 19.9 Å². The summed E-state index contributed by atoms with van der Waals surface area (Å²) in [4.78, 5) is 4.14. The molecular formula is C15H14N4O2S2. The predicted octanol–water partition coefficient (Wildman–Crippen LogP) is 3.02. The smallest absolute Gasteiger partial charge is 0.261 e. The highest BCUT2D eigenvalue weighted by atomic mass is 32.2. The average molecular weight is 346 g/mol. The number of anilines is 1. The van der Waals surface area contributed by atoms with E-state index in [0.29, 0.717) is 16.4 Å². The van der Waals surface area contributed by atoms with Gasteiger partial charge in [-0.1, -0.05) is 30.3 Å². The summed E-state index contributed by atoms with van der Waals surface area (Å²) in [5.74, 6) is 0.176. The van der Waals surface area contributed by atoms with Gasteiger partial charge in [0.15, 0.2) is 10.0 Å². The Morgan fingerprint density at radius 3 is 2.30 bits per heavy atom. The number of hydrogen-bond acceptors (Lipinski definition) is 6. The van der Waals surface area contributed by atoms with E-state index in [4.69, 9.17) is 0 Å². The third-order valence-corrected chi connectivity index (χ3v) is 6.12. The highest BCUT2D eigenvalue weighted by Crippen LogP contribution is 2.25. The first-order valence-corrected chi connectivity index (χ1v) is 9.12. The van der Waals surface area contributed by atoms with Gasteiger partial charge < -0.3 is 0 Å². The molecule has 6 nitrogen and oxygen atoms in total. The molecule has 23 heavy (non-hydrogen) atoms. The summed E-state index contributed by atoms with van der Waals surface area (Å²) >= 11 is 1.13. The average Bonchev–Trinajstić information content (AvgIpc) is 2.88. The van der Waals surface area contributed by atoms with Crippen molar-refractivity contribution in [3.05, 3.63) is 53.2 Å². The van der Waals surface area contributed by atoms with Crippen molar-refractivity contribution < 1.29 is 8.42 Å². The van der Waals surface area contributed by atoms with Crippen LogP contribution in [-0.2, 0) is 10.0 Å². The van der Waals surface area contributed by atoms with Gasteiger partial charge in [-0.2, -0.15) is 0 Å². The normalized spacial score (nSPS) is 11.4. The largest absolute Gasteiger partial charge is 0.274 e. The Labute approximate surface area is 138 Å². The van der Waals surface area contributed by atoms with Gasteiger partial charge in [-0.15, -0.1) is 21.5 Å². The van der Waals surface area contributed by atoms with E-state index in [-0.39, 0.29) is 10.0 Å². The van der Waals surface area contributed by atoms with Crippen molar-refractivity contribution in [1.29, 1.82) is 0 Å². The van der Waals surface area contributed by atoms with Gasteiger partial charge in [0, 0.05) is 5.56 Å². The van der Waals surface area contributed by atoms with Gasteiger partial charge in [0.2, 0.25) is 0 Å². The predicted molar refractivity (Wildman–Crippen MR) is 89.9 cm³/mol. The molecule has 8 heteroatoms. The third-order valence-electron chi connectivity index (χ3n) is 3.08. The first-order chi connectivity index (χ1) is 11.0.